The van der Waals surface area contributed by atoms with Crippen molar-refractivity contribution in [1.82, 2.24) is 5.32 Å². The van der Waals surface area contributed by atoms with Crippen molar-refractivity contribution in [2.24, 2.45) is 5.92 Å². The van der Waals surface area contributed by atoms with Crippen molar-refractivity contribution in [2.75, 3.05) is 31.7 Å². The first-order chi connectivity index (χ1) is 6.33. The zero-order valence-electron chi connectivity index (χ0n) is 8.04. The third-order valence-corrected chi connectivity index (χ3v) is 3.35. The van der Waals surface area contributed by atoms with Gasteiger partial charge in [-0.1, -0.05) is 0 Å². The third kappa shape index (κ3) is 4.52. The van der Waals surface area contributed by atoms with Crippen LogP contribution in [0.3, 0.4) is 0 Å². The highest BCUT2D eigenvalue weighted by Gasteiger charge is 2.13. The van der Waals surface area contributed by atoms with Crippen LogP contribution in [-0.2, 0) is 9.53 Å². The molecule has 1 fully saturated rings. The zero-order valence-corrected chi connectivity index (χ0v) is 8.86. The second-order valence-corrected chi connectivity index (χ2v) is 4.33. The Morgan fingerprint density at radius 2 is 2.54 bits per heavy atom. The van der Waals surface area contributed by atoms with Gasteiger partial charge >= 0.3 is 5.97 Å². The Balaban J connectivity index is 2.01. The Bertz CT molecular complexity index is 158. The predicted molar refractivity (Wildman–Crippen MR) is 54.9 cm³/mol. The molecule has 1 heterocycles. The van der Waals surface area contributed by atoms with E-state index in [2.05, 4.69) is 10.1 Å². The van der Waals surface area contributed by atoms with Crippen LogP contribution in [0.25, 0.3) is 0 Å². The van der Waals surface area contributed by atoms with E-state index in [-0.39, 0.29) is 5.97 Å². The van der Waals surface area contributed by atoms with E-state index in [0.29, 0.717) is 5.75 Å². The Labute approximate surface area is 83.6 Å². The summed E-state index contributed by atoms with van der Waals surface area (Å²) in [6, 6.07) is 0. The number of hydrogen-bond acceptors (Lipinski definition) is 4. The molecular formula is C9H17NO2S. The highest BCUT2D eigenvalue weighted by molar-refractivity contribution is 7.99. The SMILES string of the molecule is COC(=O)CSCC1CCCNC1. The maximum atomic E-state index is 10.8. The van der Waals surface area contributed by atoms with Gasteiger partial charge in [0.15, 0.2) is 0 Å². The van der Waals surface area contributed by atoms with Crippen LogP contribution in [0.1, 0.15) is 12.8 Å². The summed E-state index contributed by atoms with van der Waals surface area (Å²) in [5.74, 6) is 2.19. The van der Waals surface area contributed by atoms with Gasteiger partial charge in [-0.15, -0.1) is 11.8 Å². The standard InChI is InChI=1S/C9H17NO2S/c1-12-9(11)7-13-6-8-3-2-4-10-5-8/h8,10H,2-7H2,1H3. The molecule has 1 unspecified atom stereocenters. The molecule has 3 nitrogen and oxygen atoms in total. The second kappa shape index (κ2) is 6.27. The fourth-order valence-corrected chi connectivity index (χ4v) is 2.45. The molecule has 4 heteroatoms. The van der Waals surface area contributed by atoms with Crippen LogP contribution in [0.2, 0.25) is 0 Å². The van der Waals surface area contributed by atoms with Gasteiger partial charge in [-0.25, -0.2) is 0 Å². The number of methoxy groups -OCH3 is 1. The van der Waals surface area contributed by atoms with Crippen molar-refractivity contribution in [3.05, 3.63) is 0 Å². The number of carbonyl (C=O) groups excluding carboxylic acids is 1. The molecule has 13 heavy (non-hydrogen) atoms. The number of esters is 1. The van der Waals surface area contributed by atoms with E-state index < -0.39 is 0 Å². The summed E-state index contributed by atoms with van der Waals surface area (Å²) in [5.41, 5.74) is 0. The van der Waals surface area contributed by atoms with E-state index >= 15 is 0 Å². The summed E-state index contributed by atoms with van der Waals surface area (Å²) >= 11 is 1.68. The molecule has 1 aliphatic rings. The largest absolute Gasteiger partial charge is 0.468 e. The summed E-state index contributed by atoms with van der Waals surface area (Å²) < 4.78 is 4.56. The van der Waals surface area contributed by atoms with Crippen molar-refractivity contribution in [2.45, 2.75) is 12.8 Å². The van der Waals surface area contributed by atoms with Crippen LogP contribution in [0, 0.1) is 5.92 Å². The molecule has 0 aromatic rings. The van der Waals surface area contributed by atoms with Crippen LogP contribution in [0.15, 0.2) is 0 Å². The highest BCUT2D eigenvalue weighted by atomic mass is 32.2. The molecule has 0 saturated carbocycles. The highest BCUT2D eigenvalue weighted by Crippen LogP contribution is 2.16. The van der Waals surface area contributed by atoms with Crippen LogP contribution in [0.4, 0.5) is 0 Å². The van der Waals surface area contributed by atoms with Crippen LogP contribution >= 0.6 is 11.8 Å². The maximum absolute atomic E-state index is 10.8. The van der Waals surface area contributed by atoms with E-state index in [1.54, 1.807) is 11.8 Å². The lowest BCUT2D eigenvalue weighted by Crippen LogP contribution is -2.31. The number of hydrogen-bond donors (Lipinski definition) is 1. The molecule has 0 aromatic carbocycles. The van der Waals surface area contributed by atoms with E-state index in [4.69, 9.17) is 0 Å². The number of rotatable bonds is 4. The lowest BCUT2D eigenvalue weighted by molar-refractivity contribution is -0.137. The molecule has 0 amide bonds. The lowest BCUT2D eigenvalue weighted by atomic mass is 10.0. The maximum Gasteiger partial charge on any atom is 0.315 e. The first-order valence-corrected chi connectivity index (χ1v) is 5.83. The first kappa shape index (κ1) is 10.9. The van der Waals surface area contributed by atoms with Crippen molar-refractivity contribution in [1.29, 1.82) is 0 Å². The molecule has 1 aliphatic heterocycles. The molecular weight excluding hydrogens is 186 g/mol. The molecule has 1 atom stereocenters. The van der Waals surface area contributed by atoms with Gasteiger partial charge in [0.05, 0.1) is 12.9 Å². The van der Waals surface area contributed by atoms with Crippen LogP contribution in [-0.4, -0.2) is 37.7 Å². The summed E-state index contributed by atoms with van der Waals surface area (Å²) in [4.78, 5) is 10.8. The predicted octanol–water partition coefficient (Wildman–Crippen LogP) is 0.892. The van der Waals surface area contributed by atoms with Gasteiger partial charge in [-0.2, -0.15) is 0 Å². The molecule has 1 rings (SSSR count). The molecule has 0 bridgehead atoms. The van der Waals surface area contributed by atoms with E-state index in [1.807, 2.05) is 0 Å². The minimum absolute atomic E-state index is 0.117. The lowest BCUT2D eigenvalue weighted by Gasteiger charge is -2.21. The van der Waals surface area contributed by atoms with Crippen molar-refractivity contribution in [3.63, 3.8) is 0 Å². The number of thioether (sulfide) groups is 1. The molecule has 0 aliphatic carbocycles. The van der Waals surface area contributed by atoms with Crippen molar-refractivity contribution < 1.29 is 9.53 Å². The van der Waals surface area contributed by atoms with Crippen molar-refractivity contribution >= 4 is 17.7 Å². The normalized spacial score (nSPS) is 22.7. The summed E-state index contributed by atoms with van der Waals surface area (Å²) in [6.07, 6.45) is 2.56. The Hall–Kier alpha value is -0.220. The van der Waals surface area contributed by atoms with Gasteiger partial charge in [0.25, 0.3) is 0 Å². The zero-order chi connectivity index (χ0) is 9.52. The minimum Gasteiger partial charge on any atom is -0.468 e. The van der Waals surface area contributed by atoms with Gasteiger partial charge < -0.3 is 10.1 Å². The van der Waals surface area contributed by atoms with E-state index in [9.17, 15) is 4.79 Å². The van der Waals surface area contributed by atoms with Crippen LogP contribution in [0.5, 0.6) is 0 Å². The number of piperidine rings is 1. The average molecular weight is 203 g/mol. The quantitative estimate of drug-likeness (QED) is 0.689. The molecule has 76 valence electrons. The summed E-state index contributed by atoms with van der Waals surface area (Å²) in [7, 11) is 1.44. The molecule has 0 radical (unpaired) electrons. The monoisotopic (exact) mass is 203 g/mol. The smallest absolute Gasteiger partial charge is 0.315 e. The second-order valence-electron chi connectivity index (χ2n) is 3.30. The van der Waals surface area contributed by atoms with Gasteiger partial charge in [0.2, 0.25) is 0 Å². The fraction of sp³-hybridized carbons (Fsp3) is 0.889. The third-order valence-electron chi connectivity index (χ3n) is 2.20. The Kier molecular flexibility index (Phi) is 5.23. The molecule has 1 N–H and O–H groups in total. The summed E-state index contributed by atoms with van der Waals surface area (Å²) in [6.45, 7) is 2.26. The number of nitrogens with one attached hydrogen (secondary N) is 1. The minimum atomic E-state index is -0.117. The van der Waals surface area contributed by atoms with E-state index in [0.717, 1.165) is 24.8 Å². The summed E-state index contributed by atoms with van der Waals surface area (Å²) in [5, 5.41) is 3.36. The van der Waals surface area contributed by atoms with E-state index in [1.165, 1.54) is 20.0 Å². The fourth-order valence-electron chi connectivity index (χ4n) is 1.43. The topological polar surface area (TPSA) is 38.3 Å². The molecule has 1 saturated heterocycles. The van der Waals surface area contributed by atoms with Gasteiger partial charge in [0.1, 0.15) is 0 Å². The van der Waals surface area contributed by atoms with Crippen molar-refractivity contribution in [3.8, 4) is 0 Å². The van der Waals surface area contributed by atoms with Gasteiger partial charge in [-0.05, 0) is 37.6 Å². The number of carbonyl (C=O) groups is 1. The van der Waals surface area contributed by atoms with Crippen LogP contribution < -0.4 is 5.32 Å². The average Bonchev–Trinajstić information content (AvgIpc) is 2.19. The van der Waals surface area contributed by atoms with Gasteiger partial charge in [-0.3, -0.25) is 4.79 Å². The first-order valence-electron chi connectivity index (χ1n) is 4.68. The Morgan fingerprint density at radius 1 is 1.69 bits per heavy atom. The molecule has 0 aromatic heterocycles. The molecule has 0 spiro atoms. The Morgan fingerprint density at radius 3 is 3.15 bits per heavy atom. The number of ether oxygens (including phenoxy) is 1. The van der Waals surface area contributed by atoms with Gasteiger partial charge in [0, 0.05) is 0 Å².